The summed E-state index contributed by atoms with van der Waals surface area (Å²) in [5, 5.41) is 3.55. The Morgan fingerprint density at radius 2 is 1.59 bits per heavy atom. The molecule has 2 aromatic heterocycles. The number of nitrogens with zero attached hydrogens (tertiary/aromatic N) is 2. The van der Waals surface area contributed by atoms with Crippen molar-refractivity contribution in [2.75, 3.05) is 11.6 Å². The number of anilines is 1. The van der Waals surface area contributed by atoms with Gasteiger partial charge in [0.2, 0.25) is 0 Å². The molecular weight excluding hydrogens is 394 g/mol. The molecule has 27 heavy (non-hydrogen) atoms. The maximum absolute atomic E-state index is 12.6. The zero-order valence-corrected chi connectivity index (χ0v) is 17.9. The lowest BCUT2D eigenvalue weighted by Crippen LogP contribution is -2.14. The minimum absolute atomic E-state index is 0.0672. The molecule has 0 radical (unpaired) electrons. The molecule has 4 aromatic rings. The molecule has 2 aromatic carbocycles. The second-order valence-electron chi connectivity index (χ2n) is 7.25. The van der Waals surface area contributed by atoms with Crippen molar-refractivity contribution in [1.82, 2.24) is 9.97 Å². The first kappa shape index (κ1) is 18.4. The fourth-order valence-corrected chi connectivity index (χ4v) is 5.44. The molecule has 7 heteroatoms. The number of hydrogen-bond donors (Lipinski definition) is 1. The molecule has 0 spiro atoms. The normalized spacial score (nSPS) is 12.0. The zero-order valence-electron chi connectivity index (χ0n) is 15.5. The summed E-state index contributed by atoms with van der Waals surface area (Å²) >= 11 is 4.81. The van der Waals surface area contributed by atoms with Crippen molar-refractivity contribution in [1.29, 1.82) is 0 Å². The van der Waals surface area contributed by atoms with E-state index in [1.807, 2.05) is 42.7 Å². The highest BCUT2D eigenvalue weighted by Gasteiger charge is 2.16. The second-order valence-corrected chi connectivity index (χ2v) is 10.3. The number of thiazole rings is 2. The lowest BCUT2D eigenvalue weighted by atomic mass is 9.87. The number of carbonyl (C=O) groups excluding carboxylic acids is 1. The highest BCUT2D eigenvalue weighted by molar-refractivity contribution is 8.00. The first-order valence-corrected chi connectivity index (χ1v) is 11.4. The Labute approximate surface area is 170 Å². The van der Waals surface area contributed by atoms with E-state index in [1.165, 1.54) is 16.9 Å². The maximum Gasteiger partial charge on any atom is 0.257 e. The first-order valence-electron chi connectivity index (χ1n) is 8.51. The molecule has 138 valence electrons. The average molecular weight is 414 g/mol. The number of benzene rings is 2. The van der Waals surface area contributed by atoms with Crippen LogP contribution in [0.5, 0.6) is 0 Å². The molecule has 0 unspecified atom stereocenters. The molecule has 0 saturated carbocycles. The van der Waals surface area contributed by atoms with Gasteiger partial charge < -0.3 is 0 Å². The van der Waals surface area contributed by atoms with E-state index < -0.39 is 0 Å². The number of carbonyl (C=O) groups is 1. The SMILES string of the molecule is CSc1nc2ccc3nc(NC(=O)c4ccc(C(C)(C)C)cc4)sc3c2s1. The Morgan fingerprint density at radius 3 is 2.22 bits per heavy atom. The minimum Gasteiger partial charge on any atom is -0.298 e. The van der Waals surface area contributed by atoms with E-state index in [4.69, 9.17) is 0 Å². The van der Waals surface area contributed by atoms with Crippen molar-refractivity contribution in [3.8, 4) is 0 Å². The molecule has 4 nitrogen and oxygen atoms in total. The van der Waals surface area contributed by atoms with Crippen molar-refractivity contribution >= 4 is 65.9 Å². The van der Waals surface area contributed by atoms with Crippen LogP contribution in [-0.2, 0) is 5.41 Å². The Balaban J connectivity index is 1.62. The second kappa shape index (κ2) is 6.89. The molecule has 1 amide bonds. The van der Waals surface area contributed by atoms with Crippen LogP contribution < -0.4 is 5.32 Å². The molecule has 2 heterocycles. The third-order valence-corrected chi connectivity index (χ3v) is 7.51. The topological polar surface area (TPSA) is 54.9 Å². The molecular formula is C20H19N3OS3. The summed E-state index contributed by atoms with van der Waals surface area (Å²) in [6.45, 7) is 6.48. The van der Waals surface area contributed by atoms with Crippen LogP contribution in [0.4, 0.5) is 5.13 Å². The molecule has 0 aliphatic heterocycles. The number of hydrogen-bond acceptors (Lipinski definition) is 6. The van der Waals surface area contributed by atoms with Crippen LogP contribution in [0.2, 0.25) is 0 Å². The van der Waals surface area contributed by atoms with Gasteiger partial charge in [-0.2, -0.15) is 0 Å². The summed E-state index contributed by atoms with van der Waals surface area (Å²) in [7, 11) is 0. The van der Waals surface area contributed by atoms with Crippen LogP contribution in [0, 0.1) is 0 Å². The van der Waals surface area contributed by atoms with Gasteiger partial charge in [-0.05, 0) is 41.5 Å². The third-order valence-electron chi connectivity index (χ3n) is 4.30. The summed E-state index contributed by atoms with van der Waals surface area (Å²) < 4.78 is 3.24. The predicted octanol–water partition coefficient (Wildman–Crippen LogP) is 6.18. The van der Waals surface area contributed by atoms with Gasteiger partial charge in [0.05, 0.1) is 20.4 Å². The number of rotatable bonds is 3. The number of fused-ring (bicyclic) bond motifs is 3. The fourth-order valence-electron chi connectivity index (χ4n) is 2.78. The van der Waals surface area contributed by atoms with Gasteiger partial charge in [-0.1, -0.05) is 56.0 Å². The molecule has 0 fully saturated rings. The largest absolute Gasteiger partial charge is 0.298 e. The number of nitrogens with one attached hydrogen (secondary N) is 1. The highest BCUT2D eigenvalue weighted by atomic mass is 32.2. The summed E-state index contributed by atoms with van der Waals surface area (Å²) in [6, 6.07) is 11.7. The Bertz CT molecular complexity index is 1140. The van der Waals surface area contributed by atoms with Crippen molar-refractivity contribution in [3.63, 3.8) is 0 Å². The van der Waals surface area contributed by atoms with Crippen LogP contribution in [0.1, 0.15) is 36.7 Å². The molecule has 0 aliphatic carbocycles. The van der Waals surface area contributed by atoms with Crippen LogP contribution >= 0.6 is 34.4 Å². The van der Waals surface area contributed by atoms with Gasteiger partial charge >= 0.3 is 0 Å². The Hall–Kier alpha value is -1.96. The van der Waals surface area contributed by atoms with Crippen molar-refractivity contribution in [3.05, 3.63) is 47.5 Å². The first-order chi connectivity index (χ1) is 12.8. The highest BCUT2D eigenvalue weighted by Crippen LogP contribution is 2.38. The van der Waals surface area contributed by atoms with E-state index in [2.05, 4.69) is 36.1 Å². The van der Waals surface area contributed by atoms with E-state index in [0.717, 1.165) is 24.8 Å². The predicted molar refractivity (Wildman–Crippen MR) is 118 cm³/mol. The Kier molecular flexibility index (Phi) is 4.70. The van der Waals surface area contributed by atoms with Crippen LogP contribution in [0.15, 0.2) is 40.7 Å². The van der Waals surface area contributed by atoms with Gasteiger partial charge in [0.25, 0.3) is 5.91 Å². The molecule has 0 aliphatic rings. The van der Waals surface area contributed by atoms with Crippen LogP contribution in [0.25, 0.3) is 20.4 Å². The van der Waals surface area contributed by atoms with Gasteiger partial charge in [0.1, 0.15) is 0 Å². The van der Waals surface area contributed by atoms with E-state index in [0.29, 0.717) is 10.7 Å². The van der Waals surface area contributed by atoms with Gasteiger partial charge in [-0.15, -0.1) is 11.3 Å². The van der Waals surface area contributed by atoms with Crippen LogP contribution in [-0.4, -0.2) is 22.1 Å². The standard InChI is InChI=1S/C20H19N3OS3/c1-20(2,3)12-7-5-11(6-8-12)17(24)23-18-21-13-9-10-14-16(15(13)26-18)27-19(22-14)25-4/h5-10H,1-4H3,(H,21,23,24). The molecule has 4 rings (SSSR count). The van der Waals surface area contributed by atoms with Crippen molar-refractivity contribution < 1.29 is 4.79 Å². The number of aromatic nitrogens is 2. The van der Waals surface area contributed by atoms with Gasteiger partial charge in [0.15, 0.2) is 9.47 Å². The minimum atomic E-state index is -0.139. The molecule has 0 atom stereocenters. The lowest BCUT2D eigenvalue weighted by molar-refractivity contribution is 0.102. The lowest BCUT2D eigenvalue weighted by Gasteiger charge is -2.18. The van der Waals surface area contributed by atoms with E-state index in [9.17, 15) is 4.79 Å². The van der Waals surface area contributed by atoms with E-state index in [1.54, 1.807) is 23.1 Å². The summed E-state index contributed by atoms with van der Waals surface area (Å²) in [4.78, 5) is 21.8. The van der Waals surface area contributed by atoms with Gasteiger partial charge in [-0.3, -0.25) is 10.1 Å². The summed E-state index contributed by atoms with van der Waals surface area (Å²) in [5.41, 5.74) is 3.78. The van der Waals surface area contributed by atoms with Crippen LogP contribution in [0.3, 0.4) is 0 Å². The van der Waals surface area contributed by atoms with Crippen molar-refractivity contribution in [2.24, 2.45) is 0 Å². The van der Waals surface area contributed by atoms with Crippen molar-refractivity contribution in [2.45, 2.75) is 30.5 Å². The summed E-state index contributed by atoms with van der Waals surface area (Å²) in [5.74, 6) is -0.139. The van der Waals surface area contributed by atoms with E-state index >= 15 is 0 Å². The fraction of sp³-hybridized carbons (Fsp3) is 0.250. The third kappa shape index (κ3) is 3.59. The molecule has 0 bridgehead atoms. The average Bonchev–Trinajstić information content (AvgIpc) is 3.23. The molecule has 0 saturated heterocycles. The Morgan fingerprint density at radius 1 is 0.963 bits per heavy atom. The monoisotopic (exact) mass is 413 g/mol. The number of thioether (sulfide) groups is 1. The smallest absolute Gasteiger partial charge is 0.257 e. The number of amides is 1. The van der Waals surface area contributed by atoms with Gasteiger partial charge in [0, 0.05) is 5.56 Å². The quantitative estimate of drug-likeness (QED) is 0.408. The zero-order chi connectivity index (χ0) is 19.2. The summed E-state index contributed by atoms with van der Waals surface area (Å²) in [6.07, 6.45) is 2.03. The van der Waals surface area contributed by atoms with E-state index in [-0.39, 0.29) is 11.3 Å². The van der Waals surface area contributed by atoms with Gasteiger partial charge in [-0.25, -0.2) is 9.97 Å². The molecule has 1 N–H and O–H groups in total. The maximum atomic E-state index is 12.6.